The second kappa shape index (κ2) is 14.1. The highest BCUT2D eigenvalue weighted by Crippen LogP contribution is 2.31. The SMILES string of the molecule is CN=C/C=C\C=C\Cc1ccc(C(C)(O)CC(I)CCC/C=C(\C)CC(C)(C)C)cc1. The number of unbranched alkanes of at least 4 members (excludes halogenated alkanes) is 1. The molecule has 2 nitrogen and oxygen atoms in total. The van der Waals surface area contributed by atoms with Gasteiger partial charge in [0.2, 0.25) is 0 Å². The third-order valence-electron chi connectivity index (χ3n) is 5.17. The molecule has 1 N–H and O–H groups in total. The first-order valence-electron chi connectivity index (χ1n) is 11.4. The molecule has 1 aromatic carbocycles. The zero-order valence-corrected chi connectivity index (χ0v) is 22.5. The van der Waals surface area contributed by atoms with Gasteiger partial charge in [0.25, 0.3) is 0 Å². The molecule has 0 bridgehead atoms. The number of aliphatic hydroxyl groups is 1. The Balaban J connectivity index is 2.49. The quantitative estimate of drug-likeness (QED) is 0.0722. The van der Waals surface area contributed by atoms with E-state index in [0.29, 0.717) is 9.34 Å². The van der Waals surface area contributed by atoms with Crippen molar-refractivity contribution in [3.63, 3.8) is 0 Å². The molecule has 0 aromatic heterocycles. The van der Waals surface area contributed by atoms with Gasteiger partial charge in [0.15, 0.2) is 0 Å². The average Bonchev–Trinajstić information content (AvgIpc) is 2.66. The lowest BCUT2D eigenvalue weighted by molar-refractivity contribution is 0.0479. The second-order valence-electron chi connectivity index (χ2n) is 9.92. The molecule has 2 unspecified atom stereocenters. The van der Waals surface area contributed by atoms with Gasteiger partial charge < -0.3 is 5.11 Å². The van der Waals surface area contributed by atoms with E-state index in [1.807, 2.05) is 25.2 Å². The maximum absolute atomic E-state index is 11.1. The zero-order valence-electron chi connectivity index (χ0n) is 20.4. The fourth-order valence-electron chi connectivity index (χ4n) is 3.73. The Kier molecular flexibility index (Phi) is 12.6. The van der Waals surface area contributed by atoms with E-state index < -0.39 is 5.60 Å². The molecular formula is C28H42INO. The summed E-state index contributed by atoms with van der Waals surface area (Å²) >= 11 is 2.51. The van der Waals surface area contributed by atoms with Gasteiger partial charge in [0, 0.05) is 17.2 Å². The van der Waals surface area contributed by atoms with E-state index in [0.717, 1.165) is 37.7 Å². The number of rotatable bonds is 12. The summed E-state index contributed by atoms with van der Waals surface area (Å²) in [7, 11) is 1.76. The van der Waals surface area contributed by atoms with Crippen molar-refractivity contribution in [1.82, 2.24) is 0 Å². The van der Waals surface area contributed by atoms with Crippen molar-refractivity contribution in [2.75, 3.05) is 7.05 Å². The number of allylic oxidation sites excluding steroid dienone is 6. The number of nitrogens with zero attached hydrogens (tertiary/aromatic N) is 1. The van der Waals surface area contributed by atoms with E-state index in [1.165, 1.54) is 17.6 Å². The molecule has 0 aliphatic rings. The molecule has 0 saturated carbocycles. The Morgan fingerprint density at radius 1 is 1.10 bits per heavy atom. The molecule has 0 fully saturated rings. The highest BCUT2D eigenvalue weighted by molar-refractivity contribution is 14.1. The molecule has 2 atom stereocenters. The van der Waals surface area contributed by atoms with Gasteiger partial charge in [-0.2, -0.15) is 0 Å². The fourth-order valence-corrected chi connectivity index (χ4v) is 5.03. The van der Waals surface area contributed by atoms with Crippen molar-refractivity contribution >= 4 is 28.8 Å². The minimum absolute atomic E-state index is 0.359. The molecular weight excluding hydrogens is 493 g/mol. The van der Waals surface area contributed by atoms with E-state index in [-0.39, 0.29) is 0 Å². The van der Waals surface area contributed by atoms with Gasteiger partial charge in [0.05, 0.1) is 5.60 Å². The van der Waals surface area contributed by atoms with Crippen molar-refractivity contribution in [3.8, 4) is 0 Å². The van der Waals surface area contributed by atoms with Gasteiger partial charge in [-0.15, -0.1) is 0 Å². The number of hydrogen-bond acceptors (Lipinski definition) is 2. The van der Waals surface area contributed by atoms with Crippen LogP contribution in [0.25, 0.3) is 0 Å². The highest BCUT2D eigenvalue weighted by atomic mass is 127. The maximum Gasteiger partial charge on any atom is 0.0878 e. The fraction of sp³-hybridized carbons (Fsp3) is 0.536. The topological polar surface area (TPSA) is 32.6 Å². The molecule has 0 aliphatic heterocycles. The number of benzene rings is 1. The van der Waals surface area contributed by atoms with Crippen LogP contribution in [0.3, 0.4) is 0 Å². The molecule has 3 heteroatoms. The lowest BCUT2D eigenvalue weighted by atomic mass is 9.88. The van der Waals surface area contributed by atoms with Crippen molar-refractivity contribution < 1.29 is 5.11 Å². The Hall–Kier alpha value is -1.20. The molecule has 1 aromatic rings. The minimum Gasteiger partial charge on any atom is -0.385 e. The third-order valence-corrected chi connectivity index (χ3v) is 6.23. The summed E-state index contributed by atoms with van der Waals surface area (Å²) in [6.07, 6.45) is 18.5. The predicted molar refractivity (Wildman–Crippen MR) is 147 cm³/mol. The lowest BCUT2D eigenvalue weighted by Crippen LogP contribution is -2.25. The van der Waals surface area contributed by atoms with Crippen LogP contribution < -0.4 is 0 Å². The largest absolute Gasteiger partial charge is 0.385 e. The number of aliphatic imine (C=N–C) groups is 1. The van der Waals surface area contributed by atoms with E-state index in [4.69, 9.17) is 0 Å². The summed E-state index contributed by atoms with van der Waals surface area (Å²) in [5, 5.41) is 11.1. The van der Waals surface area contributed by atoms with Crippen molar-refractivity contribution in [2.24, 2.45) is 10.4 Å². The summed E-state index contributed by atoms with van der Waals surface area (Å²) in [4.78, 5) is 3.91. The molecule has 31 heavy (non-hydrogen) atoms. The van der Waals surface area contributed by atoms with Crippen LogP contribution in [-0.4, -0.2) is 22.3 Å². The van der Waals surface area contributed by atoms with Crippen LogP contribution in [0.1, 0.15) is 77.8 Å². The Bertz CT molecular complexity index is 748. The summed E-state index contributed by atoms with van der Waals surface area (Å²) in [5.74, 6) is 0. The highest BCUT2D eigenvalue weighted by Gasteiger charge is 2.26. The molecule has 0 amide bonds. The second-order valence-corrected chi connectivity index (χ2v) is 11.7. The molecule has 0 saturated heterocycles. The van der Waals surface area contributed by atoms with Crippen LogP contribution >= 0.6 is 22.6 Å². The first kappa shape index (κ1) is 27.8. The van der Waals surface area contributed by atoms with Gasteiger partial charge in [-0.25, -0.2) is 0 Å². The van der Waals surface area contributed by atoms with Crippen LogP contribution in [0.4, 0.5) is 0 Å². The van der Waals surface area contributed by atoms with Crippen LogP contribution in [0, 0.1) is 5.41 Å². The van der Waals surface area contributed by atoms with Gasteiger partial charge in [-0.1, -0.05) is 97.5 Å². The van der Waals surface area contributed by atoms with E-state index in [2.05, 4.69) is 91.7 Å². The van der Waals surface area contributed by atoms with E-state index in [9.17, 15) is 5.11 Å². The number of halogens is 1. The molecule has 0 spiro atoms. The summed E-state index contributed by atoms with van der Waals surface area (Å²) < 4.78 is 0.463. The smallest absolute Gasteiger partial charge is 0.0878 e. The first-order valence-corrected chi connectivity index (χ1v) is 12.6. The monoisotopic (exact) mass is 535 g/mol. The van der Waals surface area contributed by atoms with Crippen LogP contribution in [-0.2, 0) is 12.0 Å². The molecule has 172 valence electrons. The van der Waals surface area contributed by atoms with Crippen LogP contribution in [0.15, 0.2) is 65.2 Å². The standard InChI is InChI=1S/C28H42INO/c1-23(21-27(2,3)4)13-10-11-15-26(29)22-28(5,31)25-18-16-24(17-19-25)14-9-7-8-12-20-30-6/h7-9,12-13,16-20,26,31H,10-11,14-15,21-22H2,1-6H3/b9-7+,12-8-,23-13+,30-20?. The van der Waals surface area contributed by atoms with Crippen LogP contribution in [0.5, 0.6) is 0 Å². The molecule has 0 heterocycles. The Labute approximate surface area is 204 Å². The lowest BCUT2D eigenvalue weighted by Gasteiger charge is -2.27. The maximum atomic E-state index is 11.1. The Morgan fingerprint density at radius 2 is 1.77 bits per heavy atom. The third kappa shape index (κ3) is 13.1. The van der Waals surface area contributed by atoms with Gasteiger partial charge >= 0.3 is 0 Å². The van der Waals surface area contributed by atoms with Gasteiger partial charge in [-0.3, -0.25) is 4.99 Å². The van der Waals surface area contributed by atoms with Gasteiger partial charge in [0.1, 0.15) is 0 Å². The van der Waals surface area contributed by atoms with E-state index in [1.54, 1.807) is 13.3 Å². The van der Waals surface area contributed by atoms with Crippen molar-refractivity contribution in [3.05, 3.63) is 71.3 Å². The average molecular weight is 536 g/mol. The molecule has 0 aliphatic carbocycles. The molecule has 1 rings (SSSR count). The normalized spacial score (nSPS) is 16.5. The number of hydrogen-bond donors (Lipinski definition) is 1. The summed E-state index contributed by atoms with van der Waals surface area (Å²) in [5.41, 5.74) is 3.31. The van der Waals surface area contributed by atoms with Crippen LogP contribution in [0.2, 0.25) is 0 Å². The van der Waals surface area contributed by atoms with E-state index >= 15 is 0 Å². The first-order chi connectivity index (χ1) is 14.5. The van der Waals surface area contributed by atoms with Crippen molar-refractivity contribution in [2.45, 2.75) is 82.7 Å². The summed E-state index contributed by atoms with van der Waals surface area (Å²) in [6.45, 7) is 11.1. The molecule has 0 radical (unpaired) electrons. The summed E-state index contributed by atoms with van der Waals surface area (Å²) in [6, 6.07) is 8.39. The minimum atomic E-state index is -0.791. The Morgan fingerprint density at radius 3 is 2.39 bits per heavy atom. The zero-order chi connectivity index (χ0) is 23.3. The van der Waals surface area contributed by atoms with Gasteiger partial charge in [-0.05, 0) is 75.0 Å². The number of alkyl halides is 1. The van der Waals surface area contributed by atoms with Crippen molar-refractivity contribution in [1.29, 1.82) is 0 Å². The predicted octanol–water partition coefficient (Wildman–Crippen LogP) is 8.00.